The smallest absolute Gasteiger partial charge is 0.0849 e. The Labute approximate surface area is 118 Å². The van der Waals surface area contributed by atoms with Crippen LogP contribution in [0.3, 0.4) is 0 Å². The summed E-state index contributed by atoms with van der Waals surface area (Å²) in [7, 11) is 2.35. The largest absolute Gasteiger partial charge is 0.358 e. The standard InChI is InChI=1S/C17H28N2/c1-14-13-19(3)15(2)11-17(14,9-10-18)12-16-7-5-4-6-8-16/h4-8,14-15H,9-13,18H2,1-3H3/p+2/t14-,15-,17+/m1/s1. The molecule has 0 aliphatic carbocycles. The number of piperidine rings is 1. The first-order chi connectivity index (χ1) is 9.07. The van der Waals surface area contributed by atoms with Crippen LogP contribution in [0.15, 0.2) is 30.3 Å². The molecular weight excluding hydrogens is 232 g/mol. The fourth-order valence-electron chi connectivity index (χ4n) is 3.92. The summed E-state index contributed by atoms with van der Waals surface area (Å²) in [4.78, 5) is 1.69. The van der Waals surface area contributed by atoms with Crippen molar-refractivity contribution in [1.82, 2.24) is 0 Å². The van der Waals surface area contributed by atoms with Crippen molar-refractivity contribution in [3.8, 4) is 0 Å². The van der Waals surface area contributed by atoms with Crippen LogP contribution in [0.25, 0.3) is 0 Å². The molecule has 1 aromatic carbocycles. The first-order valence-electron chi connectivity index (χ1n) is 7.73. The minimum Gasteiger partial charge on any atom is -0.358 e. The van der Waals surface area contributed by atoms with Gasteiger partial charge in [-0.3, -0.25) is 0 Å². The summed E-state index contributed by atoms with van der Waals surface area (Å²) in [6.07, 6.45) is 3.83. The van der Waals surface area contributed by atoms with E-state index in [9.17, 15) is 0 Å². The van der Waals surface area contributed by atoms with E-state index in [1.165, 1.54) is 31.4 Å². The van der Waals surface area contributed by atoms with E-state index in [2.05, 4.69) is 57.0 Å². The van der Waals surface area contributed by atoms with Crippen LogP contribution < -0.4 is 10.6 Å². The van der Waals surface area contributed by atoms with Crippen molar-refractivity contribution in [3.63, 3.8) is 0 Å². The van der Waals surface area contributed by atoms with Crippen molar-refractivity contribution in [2.75, 3.05) is 20.1 Å². The first-order valence-corrected chi connectivity index (χ1v) is 7.73. The zero-order chi connectivity index (χ0) is 13.9. The van der Waals surface area contributed by atoms with Gasteiger partial charge < -0.3 is 10.6 Å². The third-order valence-corrected chi connectivity index (χ3v) is 5.30. The maximum absolute atomic E-state index is 4.14. The maximum atomic E-state index is 4.14. The van der Waals surface area contributed by atoms with Gasteiger partial charge in [-0.25, -0.2) is 0 Å². The molecule has 1 unspecified atom stereocenters. The number of hydrogen-bond acceptors (Lipinski definition) is 0. The van der Waals surface area contributed by atoms with Crippen LogP contribution in [0.5, 0.6) is 0 Å². The van der Waals surface area contributed by atoms with E-state index in [1.54, 1.807) is 4.90 Å². The molecule has 0 saturated carbocycles. The van der Waals surface area contributed by atoms with Gasteiger partial charge in [-0.1, -0.05) is 37.3 Å². The quantitative estimate of drug-likeness (QED) is 0.804. The van der Waals surface area contributed by atoms with E-state index in [-0.39, 0.29) is 0 Å². The molecule has 4 N–H and O–H groups in total. The van der Waals surface area contributed by atoms with Crippen LogP contribution >= 0.6 is 0 Å². The van der Waals surface area contributed by atoms with Crippen LogP contribution in [0.2, 0.25) is 0 Å². The second-order valence-electron chi connectivity index (χ2n) is 6.68. The zero-order valence-corrected chi connectivity index (χ0v) is 12.8. The van der Waals surface area contributed by atoms with Gasteiger partial charge in [-0.2, -0.15) is 0 Å². The monoisotopic (exact) mass is 262 g/mol. The molecule has 19 heavy (non-hydrogen) atoms. The van der Waals surface area contributed by atoms with E-state index >= 15 is 0 Å². The molecule has 0 spiro atoms. The highest BCUT2D eigenvalue weighted by atomic mass is 15.1. The Morgan fingerprint density at radius 1 is 1.26 bits per heavy atom. The molecule has 106 valence electrons. The Bertz CT molecular complexity index is 390. The lowest BCUT2D eigenvalue weighted by Crippen LogP contribution is -3.15. The minimum atomic E-state index is 0.460. The number of hydrogen-bond donors (Lipinski definition) is 2. The van der Waals surface area contributed by atoms with Gasteiger partial charge in [0.1, 0.15) is 0 Å². The van der Waals surface area contributed by atoms with Crippen molar-refractivity contribution in [2.24, 2.45) is 11.3 Å². The first kappa shape index (κ1) is 14.5. The third kappa shape index (κ3) is 3.18. The minimum absolute atomic E-state index is 0.460. The summed E-state index contributed by atoms with van der Waals surface area (Å²) in [5, 5.41) is 0. The molecular formula is C17H30N2+2. The molecule has 0 radical (unpaired) electrons. The summed E-state index contributed by atoms with van der Waals surface area (Å²) in [5.41, 5.74) is 6.09. The van der Waals surface area contributed by atoms with Crippen LogP contribution in [0.1, 0.15) is 32.3 Å². The van der Waals surface area contributed by atoms with Crippen LogP contribution in [-0.2, 0) is 6.42 Å². The lowest BCUT2D eigenvalue weighted by molar-refractivity contribution is -0.916. The highest BCUT2D eigenvalue weighted by molar-refractivity contribution is 5.17. The Balaban J connectivity index is 2.21. The van der Waals surface area contributed by atoms with E-state index in [0.717, 1.165) is 18.5 Å². The molecule has 1 aliphatic rings. The number of benzene rings is 1. The summed E-state index contributed by atoms with van der Waals surface area (Å²) < 4.78 is 0. The lowest BCUT2D eigenvalue weighted by atomic mass is 9.64. The average Bonchev–Trinajstić information content (AvgIpc) is 2.38. The SMILES string of the molecule is C[C@@H]1C[C@@](CC[NH3+])(Cc2ccccc2)[C@H](C)C[NH+]1C. The van der Waals surface area contributed by atoms with Gasteiger partial charge in [0.25, 0.3) is 0 Å². The Morgan fingerprint density at radius 2 is 1.95 bits per heavy atom. The summed E-state index contributed by atoms with van der Waals surface area (Å²) in [6.45, 7) is 7.22. The normalized spacial score (nSPS) is 35.3. The molecule has 2 nitrogen and oxygen atoms in total. The second kappa shape index (κ2) is 6.06. The zero-order valence-electron chi connectivity index (χ0n) is 12.8. The van der Waals surface area contributed by atoms with Crippen LogP contribution in [-0.4, -0.2) is 26.2 Å². The molecule has 1 fully saturated rings. The van der Waals surface area contributed by atoms with Gasteiger partial charge in [-0.05, 0) is 24.3 Å². The van der Waals surface area contributed by atoms with E-state index in [0.29, 0.717) is 5.41 Å². The number of nitrogens with one attached hydrogen (secondary N) is 1. The predicted molar refractivity (Wildman–Crippen MR) is 79.9 cm³/mol. The maximum Gasteiger partial charge on any atom is 0.0849 e. The molecule has 1 saturated heterocycles. The Morgan fingerprint density at radius 3 is 2.58 bits per heavy atom. The molecule has 4 atom stereocenters. The molecule has 1 heterocycles. The molecule has 2 rings (SSSR count). The van der Waals surface area contributed by atoms with Gasteiger partial charge in [-0.15, -0.1) is 0 Å². The van der Waals surface area contributed by atoms with Gasteiger partial charge in [0.05, 0.1) is 26.2 Å². The average molecular weight is 262 g/mol. The van der Waals surface area contributed by atoms with Crippen LogP contribution in [0.4, 0.5) is 0 Å². The molecule has 1 aromatic rings. The Hall–Kier alpha value is -0.860. The van der Waals surface area contributed by atoms with Crippen molar-refractivity contribution in [2.45, 2.75) is 39.2 Å². The van der Waals surface area contributed by atoms with Gasteiger partial charge in [0, 0.05) is 18.8 Å². The predicted octanol–water partition coefficient (Wildman–Crippen LogP) is 0.791. The molecule has 1 aliphatic heterocycles. The van der Waals surface area contributed by atoms with Crippen LogP contribution in [0, 0.1) is 11.3 Å². The fourth-order valence-corrected chi connectivity index (χ4v) is 3.92. The second-order valence-corrected chi connectivity index (χ2v) is 6.68. The van der Waals surface area contributed by atoms with Crippen molar-refractivity contribution < 1.29 is 10.6 Å². The van der Waals surface area contributed by atoms with Crippen molar-refractivity contribution in [3.05, 3.63) is 35.9 Å². The van der Waals surface area contributed by atoms with E-state index in [1.807, 2.05) is 0 Å². The van der Waals surface area contributed by atoms with E-state index in [4.69, 9.17) is 0 Å². The lowest BCUT2D eigenvalue weighted by Gasteiger charge is -2.46. The van der Waals surface area contributed by atoms with Gasteiger partial charge in [0.15, 0.2) is 0 Å². The van der Waals surface area contributed by atoms with Gasteiger partial charge >= 0.3 is 0 Å². The number of likely N-dealkylation sites (tertiary alicyclic amines) is 1. The molecule has 0 bridgehead atoms. The fraction of sp³-hybridized carbons (Fsp3) is 0.647. The Kier molecular flexibility index (Phi) is 4.64. The molecule has 0 aromatic heterocycles. The van der Waals surface area contributed by atoms with E-state index < -0.39 is 0 Å². The van der Waals surface area contributed by atoms with Crippen molar-refractivity contribution >= 4 is 0 Å². The summed E-state index contributed by atoms with van der Waals surface area (Å²) in [6, 6.07) is 11.8. The topological polar surface area (TPSA) is 32.1 Å². The number of quaternary nitrogens is 2. The number of rotatable bonds is 4. The molecule has 2 heteroatoms. The van der Waals surface area contributed by atoms with Crippen molar-refractivity contribution in [1.29, 1.82) is 0 Å². The highest BCUT2D eigenvalue weighted by Crippen LogP contribution is 2.40. The van der Waals surface area contributed by atoms with Gasteiger partial charge in [0.2, 0.25) is 0 Å². The molecule has 0 amide bonds. The summed E-state index contributed by atoms with van der Waals surface area (Å²) >= 11 is 0. The highest BCUT2D eigenvalue weighted by Gasteiger charge is 2.44. The third-order valence-electron chi connectivity index (χ3n) is 5.30. The summed E-state index contributed by atoms with van der Waals surface area (Å²) in [5.74, 6) is 0.783.